The second-order valence-electron chi connectivity index (χ2n) is 4.48. The summed E-state index contributed by atoms with van der Waals surface area (Å²) < 4.78 is 5.28. The number of carbonyl (C=O) groups excluding carboxylic acids is 2. The summed E-state index contributed by atoms with van der Waals surface area (Å²) in [5.74, 6) is -1.81. The van der Waals surface area contributed by atoms with Gasteiger partial charge in [0.15, 0.2) is 0 Å². The SMILES string of the molecule is CC1OCCC1NC(=O)NC(CCC(N)=O)C(=O)O. The molecule has 8 heteroatoms. The van der Waals surface area contributed by atoms with Crippen LogP contribution in [0.25, 0.3) is 0 Å². The molecule has 0 spiro atoms. The number of carboxylic acid groups (broad SMARTS) is 1. The largest absolute Gasteiger partial charge is 0.480 e. The molecule has 1 aliphatic heterocycles. The van der Waals surface area contributed by atoms with Crippen LogP contribution in [0.5, 0.6) is 0 Å². The molecule has 1 heterocycles. The van der Waals surface area contributed by atoms with Crippen molar-refractivity contribution in [2.24, 2.45) is 5.73 Å². The van der Waals surface area contributed by atoms with Crippen LogP contribution in [0, 0.1) is 0 Å². The molecule has 108 valence electrons. The van der Waals surface area contributed by atoms with Gasteiger partial charge in [-0.2, -0.15) is 0 Å². The van der Waals surface area contributed by atoms with Gasteiger partial charge in [-0.3, -0.25) is 4.79 Å². The number of ether oxygens (including phenoxy) is 1. The third-order valence-electron chi connectivity index (χ3n) is 2.98. The van der Waals surface area contributed by atoms with Gasteiger partial charge in [0, 0.05) is 13.0 Å². The predicted octanol–water partition coefficient (Wildman–Crippen LogP) is -0.818. The summed E-state index contributed by atoms with van der Waals surface area (Å²) in [6.07, 6.45) is 0.461. The van der Waals surface area contributed by atoms with Gasteiger partial charge in [0.1, 0.15) is 6.04 Å². The first kappa shape index (κ1) is 15.2. The normalized spacial score (nSPS) is 23.6. The van der Waals surface area contributed by atoms with Crippen LogP contribution in [0.4, 0.5) is 4.79 Å². The van der Waals surface area contributed by atoms with Crippen molar-refractivity contribution < 1.29 is 24.2 Å². The van der Waals surface area contributed by atoms with E-state index in [0.29, 0.717) is 13.0 Å². The Morgan fingerprint density at radius 1 is 1.47 bits per heavy atom. The fraction of sp³-hybridized carbons (Fsp3) is 0.727. The average molecular weight is 273 g/mol. The van der Waals surface area contributed by atoms with Gasteiger partial charge in [0.2, 0.25) is 5.91 Å². The number of carboxylic acids is 1. The molecule has 1 fully saturated rings. The van der Waals surface area contributed by atoms with Gasteiger partial charge < -0.3 is 26.2 Å². The van der Waals surface area contributed by atoms with Crippen LogP contribution in [0.3, 0.4) is 0 Å². The molecule has 3 amide bonds. The molecular weight excluding hydrogens is 254 g/mol. The number of aliphatic carboxylic acids is 1. The number of hydrogen-bond acceptors (Lipinski definition) is 4. The quantitative estimate of drug-likeness (QED) is 0.502. The number of rotatable bonds is 6. The number of carbonyl (C=O) groups is 3. The molecule has 8 nitrogen and oxygen atoms in total. The fourth-order valence-corrected chi connectivity index (χ4v) is 1.83. The standard InChI is InChI=1S/C11H19N3O5/c1-6-7(4-5-19-6)13-11(18)14-8(10(16)17)2-3-9(12)15/h6-8H,2-5H2,1H3,(H2,12,15)(H,16,17)(H2,13,14,18). The topological polar surface area (TPSA) is 131 Å². The summed E-state index contributed by atoms with van der Waals surface area (Å²) in [6, 6.07) is -1.85. The third kappa shape index (κ3) is 5.12. The monoisotopic (exact) mass is 273 g/mol. The molecule has 1 rings (SSSR count). The molecule has 0 aromatic rings. The lowest BCUT2D eigenvalue weighted by molar-refractivity contribution is -0.139. The summed E-state index contributed by atoms with van der Waals surface area (Å²) in [5.41, 5.74) is 4.95. The molecule has 0 aromatic heterocycles. The van der Waals surface area contributed by atoms with Gasteiger partial charge in [0.25, 0.3) is 0 Å². The van der Waals surface area contributed by atoms with E-state index in [1.807, 2.05) is 6.92 Å². The highest BCUT2D eigenvalue weighted by Gasteiger charge is 2.27. The molecule has 0 aromatic carbocycles. The summed E-state index contributed by atoms with van der Waals surface area (Å²) in [5, 5.41) is 13.9. The molecule has 3 unspecified atom stereocenters. The van der Waals surface area contributed by atoms with Crippen molar-refractivity contribution in [3.63, 3.8) is 0 Å². The Morgan fingerprint density at radius 3 is 2.63 bits per heavy atom. The highest BCUT2D eigenvalue weighted by molar-refractivity contribution is 5.83. The molecule has 19 heavy (non-hydrogen) atoms. The Bertz CT molecular complexity index is 360. The average Bonchev–Trinajstić information content (AvgIpc) is 2.69. The molecule has 1 aliphatic rings. The lowest BCUT2D eigenvalue weighted by atomic mass is 10.1. The lowest BCUT2D eigenvalue weighted by Crippen LogP contribution is -2.50. The van der Waals surface area contributed by atoms with Crippen molar-refractivity contribution in [1.82, 2.24) is 10.6 Å². The van der Waals surface area contributed by atoms with Crippen LogP contribution in [-0.2, 0) is 14.3 Å². The van der Waals surface area contributed by atoms with Crippen molar-refractivity contribution in [2.45, 2.75) is 44.4 Å². The van der Waals surface area contributed by atoms with Gasteiger partial charge in [-0.15, -0.1) is 0 Å². The van der Waals surface area contributed by atoms with Crippen LogP contribution in [0.1, 0.15) is 26.2 Å². The maximum atomic E-state index is 11.6. The van der Waals surface area contributed by atoms with Gasteiger partial charge >= 0.3 is 12.0 Å². The molecule has 0 aliphatic carbocycles. The van der Waals surface area contributed by atoms with E-state index in [0.717, 1.165) is 0 Å². The molecule has 1 saturated heterocycles. The summed E-state index contributed by atoms with van der Waals surface area (Å²) in [6.45, 7) is 2.40. The van der Waals surface area contributed by atoms with E-state index in [4.69, 9.17) is 15.6 Å². The Morgan fingerprint density at radius 2 is 2.16 bits per heavy atom. The smallest absolute Gasteiger partial charge is 0.326 e. The molecule has 5 N–H and O–H groups in total. The minimum absolute atomic E-state index is 0.0329. The van der Waals surface area contributed by atoms with Crippen LogP contribution < -0.4 is 16.4 Å². The molecule has 3 atom stereocenters. The predicted molar refractivity (Wildman–Crippen MR) is 65.3 cm³/mol. The van der Waals surface area contributed by atoms with Crippen LogP contribution in [0.2, 0.25) is 0 Å². The Hall–Kier alpha value is -1.83. The van der Waals surface area contributed by atoms with Gasteiger partial charge in [-0.05, 0) is 19.8 Å². The fourth-order valence-electron chi connectivity index (χ4n) is 1.83. The minimum Gasteiger partial charge on any atom is -0.480 e. The molecule has 0 radical (unpaired) electrons. The zero-order chi connectivity index (χ0) is 14.4. The van der Waals surface area contributed by atoms with Crippen LogP contribution >= 0.6 is 0 Å². The van der Waals surface area contributed by atoms with Crippen LogP contribution in [0.15, 0.2) is 0 Å². The molecular formula is C11H19N3O5. The summed E-state index contributed by atoms with van der Waals surface area (Å²) >= 11 is 0. The first-order chi connectivity index (χ1) is 8.90. The van der Waals surface area contributed by atoms with Gasteiger partial charge in [-0.25, -0.2) is 9.59 Å². The van der Waals surface area contributed by atoms with E-state index in [9.17, 15) is 14.4 Å². The number of hydrogen-bond donors (Lipinski definition) is 4. The molecule has 0 saturated carbocycles. The zero-order valence-electron chi connectivity index (χ0n) is 10.7. The van der Waals surface area contributed by atoms with E-state index < -0.39 is 23.9 Å². The molecule has 0 bridgehead atoms. The van der Waals surface area contributed by atoms with E-state index in [-0.39, 0.29) is 25.0 Å². The second kappa shape index (κ2) is 6.93. The Labute approximate surface area is 110 Å². The number of urea groups is 1. The maximum Gasteiger partial charge on any atom is 0.326 e. The highest BCUT2D eigenvalue weighted by atomic mass is 16.5. The Kier molecular flexibility index (Phi) is 5.56. The minimum atomic E-state index is -1.20. The first-order valence-corrected chi connectivity index (χ1v) is 6.10. The number of nitrogens with one attached hydrogen (secondary N) is 2. The van der Waals surface area contributed by atoms with Crippen molar-refractivity contribution in [1.29, 1.82) is 0 Å². The van der Waals surface area contributed by atoms with Gasteiger partial charge in [0.05, 0.1) is 12.1 Å². The highest BCUT2D eigenvalue weighted by Crippen LogP contribution is 2.12. The first-order valence-electron chi connectivity index (χ1n) is 6.10. The van der Waals surface area contributed by atoms with Crippen molar-refractivity contribution in [2.75, 3.05) is 6.61 Å². The maximum absolute atomic E-state index is 11.6. The van der Waals surface area contributed by atoms with Crippen molar-refractivity contribution in [3.8, 4) is 0 Å². The summed E-state index contributed by atoms with van der Waals surface area (Å²) in [7, 11) is 0. The van der Waals surface area contributed by atoms with E-state index in [1.165, 1.54) is 0 Å². The van der Waals surface area contributed by atoms with Crippen molar-refractivity contribution >= 4 is 17.9 Å². The van der Waals surface area contributed by atoms with E-state index in [2.05, 4.69) is 10.6 Å². The van der Waals surface area contributed by atoms with Crippen molar-refractivity contribution in [3.05, 3.63) is 0 Å². The van der Waals surface area contributed by atoms with Gasteiger partial charge in [-0.1, -0.05) is 0 Å². The lowest BCUT2D eigenvalue weighted by Gasteiger charge is -2.19. The second-order valence-corrected chi connectivity index (χ2v) is 4.48. The Balaban J connectivity index is 2.42. The summed E-state index contributed by atoms with van der Waals surface area (Å²) in [4.78, 5) is 33.2. The van der Waals surface area contributed by atoms with E-state index >= 15 is 0 Å². The number of amides is 3. The van der Waals surface area contributed by atoms with Crippen LogP contribution in [-0.4, -0.2) is 47.8 Å². The number of nitrogens with two attached hydrogens (primary N) is 1. The third-order valence-corrected chi connectivity index (χ3v) is 2.98. The van der Waals surface area contributed by atoms with E-state index in [1.54, 1.807) is 0 Å². The zero-order valence-corrected chi connectivity index (χ0v) is 10.7. The number of primary amides is 1.